The van der Waals surface area contributed by atoms with Gasteiger partial charge in [0.15, 0.2) is 0 Å². The molecular formula is C9H10ClFN2O2. The summed E-state index contributed by atoms with van der Waals surface area (Å²) in [5.41, 5.74) is -2.35. The van der Waals surface area contributed by atoms with Crippen LogP contribution in [0.1, 0.15) is 19.0 Å². The van der Waals surface area contributed by atoms with E-state index in [1.165, 1.54) is 19.2 Å². The van der Waals surface area contributed by atoms with E-state index in [4.69, 9.17) is 11.6 Å². The summed E-state index contributed by atoms with van der Waals surface area (Å²) in [7, 11) is 1.12. The molecule has 82 valence electrons. The Morgan fingerprint density at radius 3 is 2.87 bits per heavy atom. The number of carbonyl (C=O) groups is 1. The van der Waals surface area contributed by atoms with Gasteiger partial charge in [-0.1, -0.05) is 6.92 Å². The molecule has 1 heterocycles. The third-order valence-corrected chi connectivity index (χ3v) is 2.21. The van der Waals surface area contributed by atoms with Crippen molar-refractivity contribution in [3.05, 3.63) is 23.2 Å². The van der Waals surface area contributed by atoms with E-state index in [1.54, 1.807) is 0 Å². The number of hydrogen-bond donors (Lipinski definition) is 0. The maximum atomic E-state index is 14.2. The van der Waals surface area contributed by atoms with Gasteiger partial charge in [-0.25, -0.2) is 19.2 Å². The SMILES string of the molecule is CCC(F)(C(=O)OC)c1ccnc(Cl)n1. The van der Waals surface area contributed by atoms with Crippen LogP contribution in [-0.4, -0.2) is 23.0 Å². The number of aromatic nitrogens is 2. The smallest absolute Gasteiger partial charge is 0.349 e. The fourth-order valence-electron chi connectivity index (χ4n) is 1.15. The average molecular weight is 233 g/mol. The van der Waals surface area contributed by atoms with Crippen molar-refractivity contribution < 1.29 is 13.9 Å². The molecule has 0 aliphatic rings. The fraction of sp³-hybridized carbons (Fsp3) is 0.444. The maximum absolute atomic E-state index is 14.2. The van der Waals surface area contributed by atoms with Crippen LogP contribution >= 0.6 is 11.6 Å². The summed E-state index contributed by atoms with van der Waals surface area (Å²) in [5.74, 6) is -0.986. The minimum Gasteiger partial charge on any atom is -0.466 e. The molecule has 0 spiro atoms. The molecule has 6 heteroatoms. The third kappa shape index (κ3) is 2.23. The first-order chi connectivity index (χ1) is 7.04. The van der Waals surface area contributed by atoms with Crippen LogP contribution in [0, 0.1) is 0 Å². The molecule has 0 aliphatic carbocycles. The first-order valence-electron chi connectivity index (χ1n) is 4.31. The second kappa shape index (κ2) is 4.53. The highest BCUT2D eigenvalue weighted by Gasteiger charge is 2.41. The van der Waals surface area contributed by atoms with Crippen molar-refractivity contribution in [2.75, 3.05) is 7.11 Å². The molecule has 1 aromatic rings. The molecule has 0 aliphatic heterocycles. The van der Waals surface area contributed by atoms with Gasteiger partial charge in [0.05, 0.1) is 12.8 Å². The van der Waals surface area contributed by atoms with E-state index in [-0.39, 0.29) is 17.4 Å². The number of halogens is 2. The van der Waals surface area contributed by atoms with Crippen LogP contribution in [0.25, 0.3) is 0 Å². The van der Waals surface area contributed by atoms with Gasteiger partial charge in [-0.05, 0) is 24.1 Å². The molecule has 1 unspecified atom stereocenters. The van der Waals surface area contributed by atoms with E-state index in [2.05, 4.69) is 14.7 Å². The maximum Gasteiger partial charge on any atom is 0.349 e. The molecule has 0 aromatic carbocycles. The van der Waals surface area contributed by atoms with E-state index in [0.717, 1.165) is 7.11 Å². The number of ether oxygens (including phenoxy) is 1. The molecule has 4 nitrogen and oxygen atoms in total. The van der Waals surface area contributed by atoms with Crippen molar-refractivity contribution in [3.63, 3.8) is 0 Å². The Morgan fingerprint density at radius 2 is 2.40 bits per heavy atom. The van der Waals surface area contributed by atoms with Crippen molar-refractivity contribution in [2.24, 2.45) is 0 Å². The van der Waals surface area contributed by atoms with Crippen molar-refractivity contribution in [2.45, 2.75) is 19.0 Å². The van der Waals surface area contributed by atoms with Crippen molar-refractivity contribution in [3.8, 4) is 0 Å². The highest BCUT2D eigenvalue weighted by Crippen LogP contribution is 2.29. The van der Waals surface area contributed by atoms with E-state index < -0.39 is 11.6 Å². The van der Waals surface area contributed by atoms with Gasteiger partial charge < -0.3 is 4.74 Å². The third-order valence-electron chi connectivity index (χ3n) is 2.03. The monoisotopic (exact) mass is 232 g/mol. The first-order valence-corrected chi connectivity index (χ1v) is 4.68. The van der Waals surface area contributed by atoms with Crippen LogP contribution in [0.5, 0.6) is 0 Å². The van der Waals surface area contributed by atoms with Gasteiger partial charge in [0.1, 0.15) is 0 Å². The minimum atomic E-state index is -2.26. The number of nitrogens with zero attached hydrogens (tertiary/aromatic N) is 2. The van der Waals surface area contributed by atoms with Gasteiger partial charge in [-0.3, -0.25) is 0 Å². The zero-order valence-corrected chi connectivity index (χ0v) is 9.08. The van der Waals surface area contributed by atoms with Gasteiger partial charge in [-0.15, -0.1) is 0 Å². The van der Waals surface area contributed by atoms with E-state index in [1.807, 2.05) is 0 Å². The predicted octanol–water partition coefficient (Wildman–Crippen LogP) is 1.88. The highest BCUT2D eigenvalue weighted by atomic mass is 35.5. The molecule has 1 atom stereocenters. The van der Waals surface area contributed by atoms with E-state index in [0.29, 0.717) is 0 Å². The van der Waals surface area contributed by atoms with Crippen molar-refractivity contribution in [1.82, 2.24) is 9.97 Å². The Morgan fingerprint density at radius 1 is 1.73 bits per heavy atom. The molecule has 0 saturated carbocycles. The molecule has 0 amide bonds. The molecule has 0 saturated heterocycles. The van der Waals surface area contributed by atoms with Crippen LogP contribution in [0.15, 0.2) is 12.3 Å². The summed E-state index contributed by atoms with van der Waals surface area (Å²) in [5, 5.41) is -0.105. The van der Waals surface area contributed by atoms with Gasteiger partial charge in [0.2, 0.25) is 11.0 Å². The van der Waals surface area contributed by atoms with E-state index >= 15 is 0 Å². The number of hydrogen-bond acceptors (Lipinski definition) is 4. The summed E-state index contributed by atoms with van der Waals surface area (Å²) in [6.07, 6.45) is 1.21. The lowest BCUT2D eigenvalue weighted by Crippen LogP contribution is -2.32. The first kappa shape index (κ1) is 11.8. The Labute approximate surface area is 91.4 Å². The topological polar surface area (TPSA) is 52.1 Å². The zero-order chi connectivity index (χ0) is 11.5. The molecule has 0 fully saturated rings. The molecule has 0 N–H and O–H groups in total. The second-order valence-corrected chi connectivity index (χ2v) is 3.20. The summed E-state index contributed by atoms with van der Waals surface area (Å²) < 4.78 is 18.6. The lowest BCUT2D eigenvalue weighted by atomic mass is 9.99. The Balaban J connectivity index is 3.16. The normalized spacial score (nSPS) is 14.4. The molecule has 15 heavy (non-hydrogen) atoms. The lowest BCUT2D eigenvalue weighted by molar-refractivity contribution is -0.156. The van der Waals surface area contributed by atoms with E-state index in [9.17, 15) is 9.18 Å². The quantitative estimate of drug-likeness (QED) is 0.590. The fourth-order valence-corrected chi connectivity index (χ4v) is 1.29. The minimum absolute atomic E-state index is 0.0764. The molecule has 0 bridgehead atoms. The molecule has 0 radical (unpaired) electrons. The second-order valence-electron chi connectivity index (χ2n) is 2.86. The van der Waals surface area contributed by atoms with Crippen molar-refractivity contribution in [1.29, 1.82) is 0 Å². The van der Waals surface area contributed by atoms with Crippen LogP contribution in [0.4, 0.5) is 4.39 Å². The summed E-state index contributed by atoms with van der Waals surface area (Å²) in [6.45, 7) is 1.52. The summed E-state index contributed by atoms with van der Waals surface area (Å²) in [6, 6.07) is 1.30. The number of esters is 1. The van der Waals surface area contributed by atoms with Crippen LogP contribution < -0.4 is 0 Å². The Bertz CT molecular complexity index is 375. The van der Waals surface area contributed by atoms with Crippen LogP contribution in [0.2, 0.25) is 5.28 Å². The number of methoxy groups -OCH3 is 1. The average Bonchev–Trinajstić information content (AvgIpc) is 2.26. The summed E-state index contributed by atoms with van der Waals surface area (Å²) >= 11 is 5.51. The predicted molar refractivity (Wildman–Crippen MR) is 52.1 cm³/mol. The molecule has 1 aromatic heterocycles. The van der Waals surface area contributed by atoms with Gasteiger partial charge >= 0.3 is 5.97 Å². The largest absolute Gasteiger partial charge is 0.466 e. The number of carbonyl (C=O) groups excluding carboxylic acids is 1. The van der Waals surface area contributed by atoms with Crippen LogP contribution in [-0.2, 0) is 15.2 Å². The Hall–Kier alpha value is -1.23. The Kier molecular flexibility index (Phi) is 3.57. The van der Waals surface area contributed by atoms with Gasteiger partial charge in [0, 0.05) is 6.20 Å². The highest BCUT2D eigenvalue weighted by molar-refractivity contribution is 6.28. The molecule has 1 rings (SSSR count). The standard InChI is InChI=1S/C9H10ClFN2O2/c1-3-9(11,7(14)15-2)6-4-5-12-8(10)13-6/h4-5H,3H2,1-2H3. The zero-order valence-electron chi connectivity index (χ0n) is 8.33. The lowest BCUT2D eigenvalue weighted by Gasteiger charge is -2.19. The van der Waals surface area contributed by atoms with Crippen LogP contribution in [0.3, 0.4) is 0 Å². The van der Waals surface area contributed by atoms with Gasteiger partial charge in [-0.2, -0.15) is 0 Å². The molecular weight excluding hydrogens is 223 g/mol. The summed E-state index contributed by atoms with van der Waals surface area (Å²) in [4.78, 5) is 18.5. The van der Waals surface area contributed by atoms with Gasteiger partial charge in [0.25, 0.3) is 0 Å². The van der Waals surface area contributed by atoms with Crippen molar-refractivity contribution >= 4 is 17.6 Å². The number of alkyl halides is 1. The number of rotatable bonds is 3.